The van der Waals surface area contributed by atoms with Gasteiger partial charge >= 0.3 is 6.04 Å². The Morgan fingerprint density at radius 2 is 2.00 bits per heavy atom. The fourth-order valence-electron chi connectivity index (χ4n) is 0.879. The van der Waals surface area contributed by atoms with Crippen molar-refractivity contribution in [1.82, 2.24) is 0 Å². The highest BCUT2D eigenvalue weighted by atomic mass is 16.6. The molecule has 0 aliphatic rings. The number of hydrogen-bond donors (Lipinski definition) is 0. The number of nitro groups is 1. The lowest BCUT2D eigenvalue weighted by molar-refractivity contribution is -0.512. The van der Waals surface area contributed by atoms with Crippen molar-refractivity contribution in [2.24, 2.45) is 0 Å². The van der Waals surface area contributed by atoms with E-state index in [0.29, 0.717) is 5.56 Å². The Kier molecular flexibility index (Phi) is 2.38. The average Bonchev–Trinajstić information content (AvgIpc) is 2.07. The molecular formula is C8H6N2O2. The molecule has 0 amide bonds. The average molecular weight is 162 g/mol. The van der Waals surface area contributed by atoms with E-state index < -0.39 is 11.0 Å². The van der Waals surface area contributed by atoms with E-state index >= 15 is 0 Å². The van der Waals surface area contributed by atoms with Gasteiger partial charge in [0.15, 0.2) is 0 Å². The summed E-state index contributed by atoms with van der Waals surface area (Å²) in [5, 5.41) is 18.8. The highest BCUT2D eigenvalue weighted by molar-refractivity contribution is 5.21. The summed E-state index contributed by atoms with van der Waals surface area (Å²) in [5.74, 6) is 0. The van der Waals surface area contributed by atoms with Crippen LogP contribution in [-0.4, -0.2) is 4.92 Å². The Morgan fingerprint density at radius 3 is 2.42 bits per heavy atom. The SMILES string of the molecule is N#C[C@@H](c1ccccc1)[N+](=O)[O-]. The number of nitrogens with zero attached hydrogens (tertiary/aromatic N) is 2. The van der Waals surface area contributed by atoms with E-state index in [2.05, 4.69) is 0 Å². The van der Waals surface area contributed by atoms with E-state index in [4.69, 9.17) is 5.26 Å². The molecule has 0 heterocycles. The zero-order chi connectivity index (χ0) is 8.97. The number of benzene rings is 1. The highest BCUT2D eigenvalue weighted by Gasteiger charge is 2.20. The van der Waals surface area contributed by atoms with Gasteiger partial charge in [-0.15, -0.1) is 0 Å². The van der Waals surface area contributed by atoms with Crippen molar-refractivity contribution in [3.63, 3.8) is 0 Å². The van der Waals surface area contributed by atoms with E-state index in [0.717, 1.165) is 0 Å². The van der Waals surface area contributed by atoms with E-state index in [1.54, 1.807) is 36.4 Å². The van der Waals surface area contributed by atoms with E-state index in [-0.39, 0.29) is 0 Å². The smallest absolute Gasteiger partial charge is 0.263 e. The van der Waals surface area contributed by atoms with Crippen molar-refractivity contribution in [3.8, 4) is 6.07 Å². The number of nitriles is 1. The quantitative estimate of drug-likeness (QED) is 0.489. The van der Waals surface area contributed by atoms with Gasteiger partial charge in [-0.1, -0.05) is 30.3 Å². The molecule has 1 aromatic rings. The minimum atomic E-state index is -1.24. The highest BCUT2D eigenvalue weighted by Crippen LogP contribution is 2.13. The molecule has 0 saturated heterocycles. The van der Waals surface area contributed by atoms with Gasteiger partial charge in [0.25, 0.3) is 0 Å². The fourth-order valence-corrected chi connectivity index (χ4v) is 0.879. The third kappa shape index (κ3) is 1.58. The molecule has 1 rings (SSSR count). The molecule has 4 nitrogen and oxygen atoms in total. The van der Waals surface area contributed by atoms with Gasteiger partial charge in [0.1, 0.15) is 6.07 Å². The summed E-state index contributed by atoms with van der Waals surface area (Å²) in [6.45, 7) is 0. The predicted molar refractivity (Wildman–Crippen MR) is 41.8 cm³/mol. The molecule has 12 heavy (non-hydrogen) atoms. The Bertz CT molecular complexity index is 316. The van der Waals surface area contributed by atoms with Gasteiger partial charge in [-0.3, -0.25) is 10.1 Å². The summed E-state index contributed by atoms with van der Waals surface area (Å²) in [4.78, 5) is 9.71. The maximum absolute atomic E-state index is 10.3. The lowest BCUT2D eigenvalue weighted by atomic mass is 10.1. The van der Waals surface area contributed by atoms with Gasteiger partial charge in [0.2, 0.25) is 0 Å². The molecule has 4 heteroatoms. The van der Waals surface area contributed by atoms with Crippen molar-refractivity contribution in [2.75, 3.05) is 0 Å². The molecule has 0 saturated carbocycles. The van der Waals surface area contributed by atoms with Gasteiger partial charge in [0.05, 0.1) is 0 Å². The van der Waals surface area contributed by atoms with Crippen LogP contribution in [-0.2, 0) is 0 Å². The van der Waals surface area contributed by atoms with E-state index in [9.17, 15) is 10.1 Å². The minimum absolute atomic E-state index is 0.421. The second-order valence-corrected chi connectivity index (χ2v) is 2.23. The van der Waals surface area contributed by atoms with Crippen LogP contribution in [0.25, 0.3) is 0 Å². The summed E-state index contributed by atoms with van der Waals surface area (Å²) in [5.41, 5.74) is 0.421. The summed E-state index contributed by atoms with van der Waals surface area (Å²) < 4.78 is 0. The Balaban J connectivity index is 2.98. The lowest BCUT2D eigenvalue weighted by Gasteiger charge is -1.99. The summed E-state index contributed by atoms with van der Waals surface area (Å²) >= 11 is 0. The number of rotatable bonds is 2. The molecule has 0 aromatic heterocycles. The molecule has 0 radical (unpaired) electrons. The molecule has 0 unspecified atom stereocenters. The molecule has 0 N–H and O–H groups in total. The summed E-state index contributed by atoms with van der Waals surface area (Å²) in [6.07, 6.45) is 0. The van der Waals surface area contributed by atoms with Gasteiger partial charge in [0, 0.05) is 10.5 Å². The summed E-state index contributed by atoms with van der Waals surface area (Å²) in [7, 11) is 0. The maximum atomic E-state index is 10.3. The van der Waals surface area contributed by atoms with Crippen LogP contribution in [0.15, 0.2) is 30.3 Å². The molecule has 60 valence electrons. The molecule has 0 aliphatic heterocycles. The summed E-state index contributed by atoms with van der Waals surface area (Å²) in [6, 6.07) is 8.59. The molecular weight excluding hydrogens is 156 g/mol. The van der Waals surface area contributed by atoms with Crippen LogP contribution in [0.2, 0.25) is 0 Å². The Morgan fingerprint density at radius 1 is 1.42 bits per heavy atom. The Labute approximate surface area is 69.2 Å². The van der Waals surface area contributed by atoms with Crippen molar-refractivity contribution >= 4 is 0 Å². The van der Waals surface area contributed by atoms with E-state index in [1.807, 2.05) is 0 Å². The predicted octanol–water partition coefficient (Wildman–Crippen LogP) is 1.53. The zero-order valence-electron chi connectivity index (χ0n) is 6.18. The standard InChI is InChI=1S/C8H6N2O2/c9-6-8(10(11)12)7-4-2-1-3-5-7/h1-5,8H/t8-/m0/s1. The van der Waals surface area contributed by atoms with Crippen LogP contribution < -0.4 is 0 Å². The molecule has 0 bridgehead atoms. The molecule has 0 spiro atoms. The zero-order valence-corrected chi connectivity index (χ0v) is 6.18. The maximum Gasteiger partial charge on any atom is 0.321 e. The van der Waals surface area contributed by atoms with E-state index in [1.165, 1.54) is 0 Å². The fraction of sp³-hybridized carbons (Fsp3) is 0.125. The third-order valence-corrected chi connectivity index (χ3v) is 1.45. The largest absolute Gasteiger partial charge is 0.321 e. The van der Waals surface area contributed by atoms with Gasteiger partial charge in [-0.25, -0.2) is 0 Å². The van der Waals surface area contributed by atoms with Crippen molar-refractivity contribution in [1.29, 1.82) is 5.26 Å². The first-order valence-corrected chi connectivity index (χ1v) is 3.33. The Hall–Kier alpha value is -1.89. The lowest BCUT2D eigenvalue weighted by Crippen LogP contribution is -2.07. The normalized spacial score (nSPS) is 11.6. The first-order valence-electron chi connectivity index (χ1n) is 3.33. The second-order valence-electron chi connectivity index (χ2n) is 2.23. The van der Waals surface area contributed by atoms with Crippen LogP contribution >= 0.6 is 0 Å². The molecule has 1 atom stereocenters. The van der Waals surface area contributed by atoms with Crippen LogP contribution in [0.1, 0.15) is 11.6 Å². The first-order chi connectivity index (χ1) is 5.75. The second kappa shape index (κ2) is 3.49. The van der Waals surface area contributed by atoms with Crippen molar-refractivity contribution < 1.29 is 4.92 Å². The first kappa shape index (κ1) is 8.21. The monoisotopic (exact) mass is 162 g/mol. The third-order valence-electron chi connectivity index (χ3n) is 1.45. The van der Waals surface area contributed by atoms with Crippen molar-refractivity contribution in [3.05, 3.63) is 46.0 Å². The van der Waals surface area contributed by atoms with Crippen LogP contribution in [0, 0.1) is 21.4 Å². The minimum Gasteiger partial charge on any atom is -0.263 e. The van der Waals surface area contributed by atoms with Crippen LogP contribution in [0.4, 0.5) is 0 Å². The van der Waals surface area contributed by atoms with Crippen molar-refractivity contribution in [2.45, 2.75) is 6.04 Å². The van der Waals surface area contributed by atoms with Crippen LogP contribution in [0.5, 0.6) is 0 Å². The molecule has 0 aliphatic carbocycles. The molecule has 0 fully saturated rings. The number of hydrogen-bond acceptors (Lipinski definition) is 3. The topological polar surface area (TPSA) is 66.9 Å². The van der Waals surface area contributed by atoms with Crippen LogP contribution in [0.3, 0.4) is 0 Å². The van der Waals surface area contributed by atoms with Gasteiger partial charge in [-0.2, -0.15) is 5.26 Å². The molecule has 1 aromatic carbocycles. The van der Waals surface area contributed by atoms with Gasteiger partial charge < -0.3 is 0 Å². The van der Waals surface area contributed by atoms with Gasteiger partial charge in [-0.05, 0) is 0 Å².